The molecule has 2 N–H and O–H groups in total. The van der Waals surface area contributed by atoms with Crippen molar-refractivity contribution in [2.75, 3.05) is 13.2 Å². The Morgan fingerprint density at radius 1 is 1.08 bits per heavy atom. The largest absolute Gasteiger partial charge is 0.467 e. The fourth-order valence-corrected chi connectivity index (χ4v) is 4.55. The molecule has 0 aliphatic heterocycles. The summed E-state index contributed by atoms with van der Waals surface area (Å²) in [6.07, 6.45) is 3.50. The van der Waals surface area contributed by atoms with Crippen LogP contribution in [0.25, 0.3) is 11.3 Å². The molecule has 2 aromatic carbocycles. The fraction of sp³-hybridized carbons (Fsp3) is 0.259. The molecule has 0 aliphatic rings. The first-order chi connectivity index (χ1) is 18.7. The van der Waals surface area contributed by atoms with Crippen molar-refractivity contribution in [3.63, 3.8) is 0 Å². The van der Waals surface area contributed by atoms with Gasteiger partial charge in [0.15, 0.2) is 0 Å². The van der Waals surface area contributed by atoms with E-state index in [2.05, 4.69) is 10.3 Å². The van der Waals surface area contributed by atoms with Gasteiger partial charge in [-0.3, -0.25) is 9.59 Å². The standard InChI is InChI=1S/C27H29N5O6S/c1-2-37-26(33)14-15-31(18-22-9-6-16-38-22)27(34)25(17-20-7-4-3-5-8-20)32-19-24(29-30-32)21-10-12-23(13-11-21)39(28,35)36/h3-13,16,19,25H,2,14-15,17-18H2,1H3,(H2,28,35,36). The van der Waals surface area contributed by atoms with Gasteiger partial charge in [0.1, 0.15) is 17.5 Å². The first-order valence-corrected chi connectivity index (χ1v) is 13.8. The van der Waals surface area contributed by atoms with E-state index in [0.717, 1.165) is 5.56 Å². The van der Waals surface area contributed by atoms with Crippen molar-refractivity contribution >= 4 is 21.9 Å². The molecular formula is C27H29N5O6S. The molecule has 2 aromatic heterocycles. The first kappa shape index (κ1) is 27.7. The van der Waals surface area contributed by atoms with Crippen molar-refractivity contribution < 1.29 is 27.2 Å². The second kappa shape index (κ2) is 12.5. The third-order valence-electron chi connectivity index (χ3n) is 5.99. The lowest BCUT2D eigenvalue weighted by Crippen LogP contribution is -2.39. The molecule has 1 atom stereocenters. The Kier molecular flexibility index (Phi) is 8.89. The minimum absolute atomic E-state index is 0.0223. The third-order valence-corrected chi connectivity index (χ3v) is 6.92. The van der Waals surface area contributed by atoms with E-state index in [1.165, 1.54) is 23.1 Å². The summed E-state index contributed by atoms with van der Waals surface area (Å²) in [4.78, 5) is 27.6. The van der Waals surface area contributed by atoms with Crippen molar-refractivity contribution in [3.8, 4) is 11.3 Å². The normalized spacial score (nSPS) is 12.2. The van der Waals surface area contributed by atoms with Crippen LogP contribution in [0.4, 0.5) is 0 Å². The van der Waals surface area contributed by atoms with Gasteiger partial charge in [-0.15, -0.1) is 5.10 Å². The highest BCUT2D eigenvalue weighted by Gasteiger charge is 2.29. The van der Waals surface area contributed by atoms with Crippen LogP contribution in [-0.4, -0.2) is 53.3 Å². The van der Waals surface area contributed by atoms with Gasteiger partial charge in [0.25, 0.3) is 0 Å². The summed E-state index contributed by atoms with van der Waals surface area (Å²) in [6, 6.07) is 18.1. The molecule has 0 radical (unpaired) electrons. The van der Waals surface area contributed by atoms with E-state index in [-0.39, 0.29) is 36.9 Å². The molecule has 39 heavy (non-hydrogen) atoms. The van der Waals surface area contributed by atoms with Gasteiger partial charge in [-0.2, -0.15) is 0 Å². The van der Waals surface area contributed by atoms with Crippen LogP contribution < -0.4 is 5.14 Å². The number of carbonyl (C=O) groups excluding carboxylic acids is 2. The van der Waals surface area contributed by atoms with Crippen molar-refractivity contribution in [2.24, 2.45) is 5.14 Å². The lowest BCUT2D eigenvalue weighted by molar-refractivity contribution is -0.144. The van der Waals surface area contributed by atoms with Gasteiger partial charge < -0.3 is 14.1 Å². The maximum atomic E-state index is 14.0. The Morgan fingerprint density at radius 3 is 2.46 bits per heavy atom. The number of primary sulfonamides is 1. The molecule has 4 rings (SSSR count). The number of amides is 1. The molecule has 0 aliphatic carbocycles. The number of furan rings is 1. The van der Waals surface area contributed by atoms with Crippen molar-refractivity contribution in [1.29, 1.82) is 0 Å². The number of rotatable bonds is 12. The van der Waals surface area contributed by atoms with E-state index in [1.807, 2.05) is 30.3 Å². The van der Waals surface area contributed by atoms with E-state index >= 15 is 0 Å². The minimum Gasteiger partial charge on any atom is -0.467 e. The number of carbonyl (C=O) groups is 2. The summed E-state index contributed by atoms with van der Waals surface area (Å²) in [7, 11) is -3.83. The van der Waals surface area contributed by atoms with Crippen LogP contribution in [0.2, 0.25) is 0 Å². The molecule has 0 spiro atoms. The third kappa shape index (κ3) is 7.39. The number of esters is 1. The maximum Gasteiger partial charge on any atom is 0.307 e. The summed E-state index contributed by atoms with van der Waals surface area (Å²) in [5.41, 5.74) is 1.97. The molecule has 4 aromatic rings. The van der Waals surface area contributed by atoms with Gasteiger partial charge in [-0.05, 0) is 36.8 Å². The summed E-state index contributed by atoms with van der Waals surface area (Å²) in [5, 5.41) is 13.7. The van der Waals surface area contributed by atoms with E-state index in [1.54, 1.807) is 42.3 Å². The number of aromatic nitrogens is 3. The number of nitrogens with zero attached hydrogens (tertiary/aromatic N) is 4. The van der Waals surface area contributed by atoms with Crippen molar-refractivity contribution in [1.82, 2.24) is 19.9 Å². The van der Waals surface area contributed by atoms with Crippen LogP contribution in [0.5, 0.6) is 0 Å². The average Bonchev–Trinajstić information content (AvgIpc) is 3.62. The Bertz CT molecular complexity index is 1490. The van der Waals surface area contributed by atoms with Gasteiger partial charge in [-0.1, -0.05) is 47.7 Å². The number of sulfonamides is 1. The lowest BCUT2D eigenvalue weighted by atomic mass is 10.0. The monoisotopic (exact) mass is 551 g/mol. The maximum absolute atomic E-state index is 14.0. The highest BCUT2D eigenvalue weighted by atomic mass is 32.2. The Labute approximate surface area is 226 Å². The van der Waals surface area contributed by atoms with Crippen LogP contribution in [0, 0.1) is 0 Å². The number of benzene rings is 2. The smallest absolute Gasteiger partial charge is 0.307 e. The van der Waals surface area contributed by atoms with Gasteiger partial charge in [0, 0.05) is 18.5 Å². The molecule has 1 unspecified atom stereocenters. The van der Waals surface area contributed by atoms with Gasteiger partial charge in [-0.25, -0.2) is 18.2 Å². The number of nitrogens with two attached hydrogens (primary N) is 1. The summed E-state index contributed by atoms with van der Waals surface area (Å²) >= 11 is 0. The molecule has 0 bridgehead atoms. The number of ether oxygens (including phenoxy) is 1. The van der Waals surface area contributed by atoms with Gasteiger partial charge in [0.2, 0.25) is 15.9 Å². The van der Waals surface area contributed by atoms with E-state index in [9.17, 15) is 18.0 Å². The Morgan fingerprint density at radius 2 is 1.82 bits per heavy atom. The van der Waals surface area contributed by atoms with E-state index in [4.69, 9.17) is 14.3 Å². The zero-order chi connectivity index (χ0) is 27.8. The van der Waals surface area contributed by atoms with Crippen LogP contribution in [0.15, 0.2) is 88.5 Å². The summed E-state index contributed by atoms with van der Waals surface area (Å²) in [5.74, 6) is -0.110. The quantitative estimate of drug-likeness (QED) is 0.264. The van der Waals surface area contributed by atoms with Crippen molar-refractivity contribution in [2.45, 2.75) is 37.2 Å². The zero-order valence-corrected chi connectivity index (χ0v) is 22.2. The summed E-state index contributed by atoms with van der Waals surface area (Å²) < 4.78 is 35.2. The topological polar surface area (TPSA) is 151 Å². The highest BCUT2D eigenvalue weighted by molar-refractivity contribution is 7.89. The zero-order valence-electron chi connectivity index (χ0n) is 21.3. The lowest BCUT2D eigenvalue weighted by Gasteiger charge is -2.26. The van der Waals surface area contributed by atoms with Gasteiger partial charge in [0.05, 0.1) is 36.9 Å². The average molecular weight is 552 g/mol. The molecular weight excluding hydrogens is 522 g/mol. The van der Waals surface area contributed by atoms with E-state index in [0.29, 0.717) is 23.4 Å². The molecule has 0 fully saturated rings. The van der Waals surface area contributed by atoms with Gasteiger partial charge >= 0.3 is 5.97 Å². The van der Waals surface area contributed by atoms with Crippen LogP contribution in [-0.2, 0) is 37.3 Å². The first-order valence-electron chi connectivity index (χ1n) is 12.3. The van der Waals surface area contributed by atoms with Crippen LogP contribution in [0.3, 0.4) is 0 Å². The molecule has 204 valence electrons. The molecule has 0 saturated carbocycles. The van der Waals surface area contributed by atoms with Crippen LogP contribution >= 0.6 is 0 Å². The Balaban J connectivity index is 1.64. The predicted octanol–water partition coefficient (Wildman–Crippen LogP) is 2.95. The molecule has 2 heterocycles. The summed E-state index contributed by atoms with van der Waals surface area (Å²) in [6.45, 7) is 2.26. The number of hydrogen-bond acceptors (Lipinski definition) is 8. The van der Waals surface area contributed by atoms with Crippen molar-refractivity contribution in [3.05, 3.63) is 90.5 Å². The minimum atomic E-state index is -3.83. The predicted molar refractivity (Wildman–Crippen MR) is 141 cm³/mol. The molecule has 0 saturated heterocycles. The fourth-order valence-electron chi connectivity index (χ4n) is 4.04. The number of hydrogen-bond donors (Lipinski definition) is 1. The second-order valence-electron chi connectivity index (χ2n) is 8.75. The SMILES string of the molecule is CCOC(=O)CCN(Cc1ccco1)C(=O)C(Cc1ccccc1)n1cc(-c2ccc(S(N)(=O)=O)cc2)nn1. The van der Waals surface area contributed by atoms with Crippen LogP contribution in [0.1, 0.15) is 30.7 Å². The second-order valence-corrected chi connectivity index (χ2v) is 10.3. The molecule has 11 nitrogen and oxygen atoms in total. The molecule has 1 amide bonds. The molecule has 12 heteroatoms. The highest BCUT2D eigenvalue weighted by Crippen LogP contribution is 2.23. The Hall–Kier alpha value is -4.29. The van der Waals surface area contributed by atoms with E-state index < -0.39 is 22.0 Å².